The predicted octanol–water partition coefficient (Wildman–Crippen LogP) is 3.31. The van der Waals surface area contributed by atoms with E-state index in [-0.39, 0.29) is 0 Å². The molecule has 2 aromatic rings. The average Bonchev–Trinajstić information content (AvgIpc) is 2.94. The summed E-state index contributed by atoms with van der Waals surface area (Å²) < 4.78 is 22.8. The Labute approximate surface area is 140 Å². The van der Waals surface area contributed by atoms with E-state index in [1.165, 1.54) is 23.8 Å². The smallest absolute Gasteiger partial charge is 0.244 e. The summed E-state index contributed by atoms with van der Waals surface area (Å²) in [6, 6.07) is 8.11. The molecule has 1 amide bonds. The van der Waals surface area contributed by atoms with E-state index < -0.39 is 21.0 Å². The summed E-state index contributed by atoms with van der Waals surface area (Å²) in [5, 5.41) is 3.70. The van der Waals surface area contributed by atoms with Gasteiger partial charge in [0, 0.05) is 17.2 Å². The van der Waals surface area contributed by atoms with Crippen molar-refractivity contribution in [1.29, 1.82) is 0 Å². The van der Waals surface area contributed by atoms with Gasteiger partial charge in [-0.05, 0) is 18.4 Å². The summed E-state index contributed by atoms with van der Waals surface area (Å²) in [5.41, 5.74) is 2.97. The number of sulfone groups is 1. The third kappa shape index (κ3) is 4.39. The van der Waals surface area contributed by atoms with Crippen molar-refractivity contribution in [3.05, 3.63) is 35.2 Å². The molecule has 1 heterocycles. The molecule has 5 nitrogen and oxygen atoms in total. The first-order valence-corrected chi connectivity index (χ1v) is 10.1. The Morgan fingerprint density at radius 3 is 2.30 bits per heavy atom. The minimum absolute atomic E-state index is 0.397. The monoisotopic (exact) mass is 352 g/mol. The van der Waals surface area contributed by atoms with Crippen LogP contribution in [0.5, 0.6) is 0 Å². The summed E-state index contributed by atoms with van der Waals surface area (Å²) in [5.74, 6) is -0.102. The van der Waals surface area contributed by atoms with Crippen LogP contribution in [0.4, 0.5) is 5.13 Å². The van der Waals surface area contributed by atoms with E-state index in [1.807, 2.05) is 17.5 Å². The minimum Gasteiger partial charge on any atom is -0.301 e. The lowest BCUT2D eigenvalue weighted by molar-refractivity contribution is -0.115. The zero-order chi connectivity index (χ0) is 17.2. The molecule has 0 saturated carbocycles. The van der Waals surface area contributed by atoms with Gasteiger partial charge in [-0.25, -0.2) is 13.4 Å². The lowest BCUT2D eigenvalue weighted by Gasteiger charge is -2.08. The van der Waals surface area contributed by atoms with Crippen LogP contribution in [-0.4, -0.2) is 30.8 Å². The van der Waals surface area contributed by atoms with E-state index in [2.05, 4.69) is 36.3 Å². The van der Waals surface area contributed by atoms with Crippen molar-refractivity contribution in [2.75, 3.05) is 11.6 Å². The largest absolute Gasteiger partial charge is 0.301 e. The Morgan fingerprint density at radius 2 is 1.78 bits per heavy atom. The van der Waals surface area contributed by atoms with Crippen LogP contribution in [0.2, 0.25) is 0 Å². The van der Waals surface area contributed by atoms with Gasteiger partial charge in [-0.1, -0.05) is 38.1 Å². The Morgan fingerprint density at radius 1 is 1.17 bits per heavy atom. The summed E-state index contributed by atoms with van der Waals surface area (Å²) in [6.45, 7) is 5.63. The topological polar surface area (TPSA) is 76.1 Å². The first kappa shape index (κ1) is 17.6. The molecule has 0 unspecified atom stereocenters. The number of amides is 1. The molecule has 1 N–H and O–H groups in total. The molecule has 23 heavy (non-hydrogen) atoms. The second-order valence-electron chi connectivity index (χ2n) is 5.78. The van der Waals surface area contributed by atoms with Gasteiger partial charge in [-0.3, -0.25) is 4.79 Å². The van der Waals surface area contributed by atoms with Crippen molar-refractivity contribution < 1.29 is 13.2 Å². The van der Waals surface area contributed by atoms with Crippen LogP contribution in [0.1, 0.15) is 32.3 Å². The molecule has 0 aliphatic carbocycles. The van der Waals surface area contributed by atoms with E-state index in [9.17, 15) is 13.2 Å². The van der Waals surface area contributed by atoms with Crippen LogP contribution in [0.15, 0.2) is 29.6 Å². The number of benzene rings is 1. The number of carbonyl (C=O) groups is 1. The molecule has 0 bridgehead atoms. The Kier molecular flexibility index (Phi) is 5.21. The zero-order valence-corrected chi connectivity index (χ0v) is 15.2. The van der Waals surface area contributed by atoms with Gasteiger partial charge in [-0.15, -0.1) is 11.3 Å². The van der Waals surface area contributed by atoms with Crippen LogP contribution in [0, 0.1) is 0 Å². The van der Waals surface area contributed by atoms with Gasteiger partial charge in [0.25, 0.3) is 0 Å². The fourth-order valence-electron chi connectivity index (χ4n) is 1.90. The van der Waals surface area contributed by atoms with Crippen molar-refractivity contribution in [2.45, 2.75) is 31.9 Å². The highest BCUT2D eigenvalue weighted by Crippen LogP contribution is 2.26. The number of nitrogens with zero attached hydrogens (tertiary/aromatic N) is 1. The van der Waals surface area contributed by atoms with E-state index in [1.54, 1.807) is 0 Å². The molecule has 0 aliphatic heterocycles. The second kappa shape index (κ2) is 6.80. The number of aromatic nitrogens is 1. The summed E-state index contributed by atoms with van der Waals surface area (Å²) in [6.07, 6.45) is 1.04. The fourth-order valence-corrected chi connectivity index (χ4v) is 3.07. The van der Waals surface area contributed by atoms with Crippen molar-refractivity contribution in [3.8, 4) is 11.3 Å². The van der Waals surface area contributed by atoms with Crippen LogP contribution in [-0.2, 0) is 14.6 Å². The first-order valence-electron chi connectivity index (χ1n) is 7.24. The maximum absolute atomic E-state index is 11.9. The second-order valence-corrected chi connectivity index (χ2v) is 9.00. The maximum Gasteiger partial charge on any atom is 0.244 e. The maximum atomic E-state index is 11.9. The van der Waals surface area contributed by atoms with E-state index in [0.717, 1.165) is 17.5 Å². The van der Waals surface area contributed by atoms with Crippen molar-refractivity contribution in [2.24, 2.45) is 0 Å². The molecular weight excluding hydrogens is 332 g/mol. The summed E-state index contributed by atoms with van der Waals surface area (Å²) >= 11 is 1.27. The van der Waals surface area contributed by atoms with Crippen LogP contribution < -0.4 is 5.32 Å². The summed E-state index contributed by atoms with van der Waals surface area (Å²) in [7, 11) is -3.42. The SMILES string of the molecule is CC(C)c1ccc(-c2csc(NC(=O)[C@H](C)S(C)(=O)=O)n2)cc1. The van der Waals surface area contributed by atoms with Gasteiger partial charge in [0.1, 0.15) is 5.25 Å². The van der Waals surface area contributed by atoms with Gasteiger partial charge in [-0.2, -0.15) is 0 Å². The average molecular weight is 352 g/mol. The van der Waals surface area contributed by atoms with E-state index >= 15 is 0 Å². The van der Waals surface area contributed by atoms with Gasteiger partial charge in [0.05, 0.1) is 5.69 Å². The van der Waals surface area contributed by atoms with Crippen LogP contribution in [0.3, 0.4) is 0 Å². The molecule has 0 aliphatic rings. The molecule has 0 saturated heterocycles. The molecular formula is C16H20N2O3S2. The molecule has 1 aromatic heterocycles. The quantitative estimate of drug-likeness (QED) is 0.896. The minimum atomic E-state index is -3.42. The van der Waals surface area contributed by atoms with E-state index in [4.69, 9.17) is 0 Å². The third-order valence-electron chi connectivity index (χ3n) is 3.62. The summed E-state index contributed by atoms with van der Waals surface area (Å²) in [4.78, 5) is 16.3. The number of thiazole rings is 1. The number of carbonyl (C=O) groups excluding carboxylic acids is 1. The molecule has 124 valence electrons. The first-order chi connectivity index (χ1) is 10.7. The number of nitrogens with one attached hydrogen (secondary N) is 1. The van der Waals surface area contributed by atoms with Crippen LogP contribution >= 0.6 is 11.3 Å². The number of hydrogen-bond acceptors (Lipinski definition) is 5. The normalized spacial score (nSPS) is 13.1. The molecule has 1 atom stereocenters. The third-order valence-corrected chi connectivity index (χ3v) is 5.88. The van der Waals surface area contributed by atoms with E-state index in [0.29, 0.717) is 11.0 Å². The standard InChI is InChI=1S/C16H20N2O3S2/c1-10(2)12-5-7-13(8-6-12)14-9-22-16(17-14)18-15(19)11(3)23(4,20)21/h5-11H,1-4H3,(H,17,18,19)/t11-/m0/s1. The molecule has 0 fully saturated rings. The molecule has 0 radical (unpaired) electrons. The van der Waals surface area contributed by atoms with Crippen molar-refractivity contribution in [3.63, 3.8) is 0 Å². The van der Waals surface area contributed by atoms with Crippen LogP contribution in [0.25, 0.3) is 11.3 Å². The Balaban J connectivity index is 2.13. The molecule has 7 heteroatoms. The van der Waals surface area contributed by atoms with Crippen molar-refractivity contribution in [1.82, 2.24) is 4.98 Å². The lowest BCUT2D eigenvalue weighted by atomic mass is 10.0. The number of anilines is 1. The molecule has 1 aromatic carbocycles. The number of hydrogen-bond donors (Lipinski definition) is 1. The highest BCUT2D eigenvalue weighted by molar-refractivity contribution is 7.92. The highest BCUT2D eigenvalue weighted by Gasteiger charge is 2.24. The predicted molar refractivity (Wildman–Crippen MR) is 94.6 cm³/mol. The lowest BCUT2D eigenvalue weighted by Crippen LogP contribution is -2.31. The van der Waals surface area contributed by atoms with Gasteiger partial charge < -0.3 is 5.32 Å². The molecule has 2 rings (SSSR count). The van der Waals surface area contributed by atoms with Crippen molar-refractivity contribution >= 4 is 32.2 Å². The molecule has 0 spiro atoms. The zero-order valence-electron chi connectivity index (χ0n) is 13.5. The Bertz CT molecular complexity index is 793. The fraction of sp³-hybridized carbons (Fsp3) is 0.375. The van der Waals surface area contributed by atoms with Gasteiger partial charge >= 0.3 is 0 Å². The number of rotatable bonds is 5. The highest BCUT2D eigenvalue weighted by atomic mass is 32.2. The van der Waals surface area contributed by atoms with Gasteiger partial charge in [0.2, 0.25) is 5.91 Å². The van der Waals surface area contributed by atoms with Gasteiger partial charge in [0.15, 0.2) is 15.0 Å². The Hall–Kier alpha value is -1.73.